The van der Waals surface area contributed by atoms with E-state index in [4.69, 9.17) is 21.1 Å². The van der Waals surface area contributed by atoms with Crippen molar-refractivity contribution in [1.29, 1.82) is 0 Å². The van der Waals surface area contributed by atoms with E-state index < -0.39 is 17.7 Å². The quantitative estimate of drug-likeness (QED) is 0.157. The second-order valence-electron chi connectivity index (χ2n) is 11.2. The number of hydrogen-bond donors (Lipinski definition) is 1. The Kier molecular flexibility index (Phi) is 10.6. The summed E-state index contributed by atoms with van der Waals surface area (Å²) in [6.45, 7) is 12.4. The van der Waals surface area contributed by atoms with E-state index in [1.165, 1.54) is 6.08 Å². The Hall–Kier alpha value is -3.58. The van der Waals surface area contributed by atoms with Crippen LogP contribution in [0.5, 0.6) is 0 Å². The number of nitrogens with zero attached hydrogens (tertiary/aromatic N) is 1. The lowest BCUT2D eigenvalue weighted by atomic mass is 9.94. The molecule has 0 aliphatic heterocycles. The first-order valence-corrected chi connectivity index (χ1v) is 14.0. The fourth-order valence-corrected chi connectivity index (χ4v) is 4.42. The molecule has 0 fully saturated rings. The van der Waals surface area contributed by atoms with E-state index in [0.717, 1.165) is 29.5 Å². The third-order valence-electron chi connectivity index (χ3n) is 6.04. The first-order valence-electron chi connectivity index (χ1n) is 13.7. The number of amides is 1. The third kappa shape index (κ3) is 8.46. The molecule has 0 radical (unpaired) electrons. The van der Waals surface area contributed by atoms with E-state index in [1.54, 1.807) is 49.6 Å². The number of nitrogens with one attached hydrogen (secondary N) is 1. The SMILES string of the molecule is CCCCOC(=O)/C=C/c1ccc2c(=O)n(CC(C)C)c(CNC(=O)OC(C)(C)C)c(-c3ccc(Cl)cc3)c2c1. The zero-order valence-electron chi connectivity index (χ0n) is 24.2. The highest BCUT2D eigenvalue weighted by Gasteiger charge is 2.21. The van der Waals surface area contributed by atoms with Gasteiger partial charge in [0.2, 0.25) is 0 Å². The highest BCUT2D eigenvalue weighted by Crippen LogP contribution is 2.33. The highest BCUT2D eigenvalue weighted by atomic mass is 35.5. The molecule has 1 N–H and O–H groups in total. The van der Waals surface area contributed by atoms with E-state index in [-0.39, 0.29) is 18.0 Å². The molecule has 2 aromatic carbocycles. The van der Waals surface area contributed by atoms with Crippen LogP contribution in [0.4, 0.5) is 4.79 Å². The van der Waals surface area contributed by atoms with Gasteiger partial charge >= 0.3 is 12.1 Å². The van der Waals surface area contributed by atoms with Gasteiger partial charge in [0.05, 0.1) is 13.2 Å². The number of aromatic nitrogens is 1. The third-order valence-corrected chi connectivity index (χ3v) is 6.29. The van der Waals surface area contributed by atoms with Crippen molar-refractivity contribution in [3.05, 3.63) is 75.2 Å². The minimum atomic E-state index is -0.664. The van der Waals surface area contributed by atoms with Gasteiger partial charge in [-0.05, 0) is 80.0 Å². The lowest BCUT2D eigenvalue weighted by molar-refractivity contribution is -0.137. The van der Waals surface area contributed by atoms with Gasteiger partial charge in [0.25, 0.3) is 5.56 Å². The van der Waals surface area contributed by atoms with Crippen molar-refractivity contribution in [2.24, 2.45) is 5.92 Å². The van der Waals surface area contributed by atoms with Crippen LogP contribution in [0.25, 0.3) is 28.0 Å². The molecule has 3 rings (SSSR count). The predicted molar refractivity (Wildman–Crippen MR) is 161 cm³/mol. The van der Waals surface area contributed by atoms with E-state index in [9.17, 15) is 14.4 Å². The Morgan fingerprint density at radius 1 is 1.07 bits per heavy atom. The van der Waals surface area contributed by atoms with Crippen LogP contribution in [0, 0.1) is 5.92 Å². The number of rotatable bonds is 10. The molecule has 7 nitrogen and oxygen atoms in total. The zero-order chi connectivity index (χ0) is 29.4. The number of carbonyl (C=O) groups excluding carboxylic acids is 2. The number of hydrogen-bond acceptors (Lipinski definition) is 5. The van der Waals surface area contributed by atoms with Gasteiger partial charge in [-0.3, -0.25) is 4.79 Å². The molecule has 0 aliphatic carbocycles. The Balaban J connectivity index is 2.20. The van der Waals surface area contributed by atoms with E-state index in [1.807, 2.05) is 45.0 Å². The van der Waals surface area contributed by atoms with Gasteiger partial charge < -0.3 is 19.4 Å². The van der Waals surface area contributed by atoms with Crippen molar-refractivity contribution in [3.63, 3.8) is 0 Å². The average molecular weight is 567 g/mol. The van der Waals surface area contributed by atoms with Crippen molar-refractivity contribution in [3.8, 4) is 11.1 Å². The van der Waals surface area contributed by atoms with Gasteiger partial charge in [0.1, 0.15) is 5.60 Å². The van der Waals surface area contributed by atoms with E-state index >= 15 is 0 Å². The molecule has 0 bridgehead atoms. The summed E-state index contributed by atoms with van der Waals surface area (Å²) in [5.41, 5.74) is 2.21. The second-order valence-corrected chi connectivity index (χ2v) is 11.6. The summed E-state index contributed by atoms with van der Waals surface area (Å²) in [6.07, 6.45) is 4.25. The fraction of sp³-hybridized carbons (Fsp3) is 0.406. The normalized spacial score (nSPS) is 11.8. The van der Waals surface area contributed by atoms with Crippen LogP contribution in [-0.4, -0.2) is 28.8 Å². The molecule has 1 amide bonds. The Labute approximate surface area is 241 Å². The molecular weight excluding hydrogens is 528 g/mol. The summed E-state index contributed by atoms with van der Waals surface area (Å²) in [7, 11) is 0. The standard InChI is InChI=1S/C32H39ClN2O5/c1-7-8-17-39-28(36)16-10-22-9-15-25-26(18-22)29(23-11-13-24(33)14-12-23)27(35(30(25)37)20-21(2)3)19-34-31(38)40-32(4,5)6/h9-16,18,21H,7-8,17,19-20H2,1-6H3,(H,34,38)/b16-10+. The maximum Gasteiger partial charge on any atom is 0.407 e. The van der Waals surface area contributed by atoms with Crippen molar-refractivity contribution >= 4 is 40.5 Å². The minimum Gasteiger partial charge on any atom is -0.463 e. The minimum absolute atomic E-state index is 0.0780. The van der Waals surface area contributed by atoms with Crippen LogP contribution in [-0.2, 0) is 27.4 Å². The predicted octanol–water partition coefficient (Wildman–Crippen LogP) is 7.36. The molecule has 0 saturated carbocycles. The van der Waals surface area contributed by atoms with Crippen LogP contribution in [0.3, 0.4) is 0 Å². The number of fused-ring (bicyclic) bond motifs is 1. The van der Waals surface area contributed by atoms with Gasteiger partial charge in [0.15, 0.2) is 0 Å². The Bertz CT molecular complexity index is 1430. The summed E-state index contributed by atoms with van der Waals surface area (Å²) in [5, 5.41) is 4.66. The summed E-state index contributed by atoms with van der Waals surface area (Å²) >= 11 is 6.21. The summed E-state index contributed by atoms with van der Waals surface area (Å²) in [5.74, 6) is -0.240. The van der Waals surface area contributed by atoms with Crippen molar-refractivity contribution < 1.29 is 19.1 Å². The summed E-state index contributed by atoms with van der Waals surface area (Å²) < 4.78 is 12.4. The summed E-state index contributed by atoms with van der Waals surface area (Å²) in [6, 6.07) is 12.8. The van der Waals surface area contributed by atoms with E-state index in [2.05, 4.69) is 5.32 Å². The molecule has 40 heavy (non-hydrogen) atoms. The molecule has 0 atom stereocenters. The lowest BCUT2D eigenvalue weighted by Gasteiger charge is -2.23. The Morgan fingerprint density at radius 3 is 2.40 bits per heavy atom. The molecule has 3 aromatic rings. The van der Waals surface area contributed by atoms with E-state index in [0.29, 0.717) is 34.6 Å². The van der Waals surface area contributed by atoms with Crippen molar-refractivity contribution in [2.75, 3.05) is 6.61 Å². The van der Waals surface area contributed by atoms with Gasteiger partial charge in [-0.15, -0.1) is 0 Å². The number of alkyl carbamates (subject to hydrolysis) is 1. The number of esters is 1. The molecule has 8 heteroatoms. The molecular formula is C32H39ClN2O5. The first kappa shape index (κ1) is 31.0. The van der Waals surface area contributed by atoms with Gasteiger partial charge in [-0.1, -0.05) is 57.0 Å². The highest BCUT2D eigenvalue weighted by molar-refractivity contribution is 6.30. The number of unbranched alkanes of at least 4 members (excludes halogenated alkanes) is 1. The molecule has 1 aromatic heterocycles. The number of benzene rings is 2. The molecule has 1 heterocycles. The number of ether oxygens (including phenoxy) is 2. The van der Waals surface area contributed by atoms with Crippen LogP contribution < -0.4 is 10.9 Å². The molecule has 214 valence electrons. The molecule has 0 saturated heterocycles. The van der Waals surface area contributed by atoms with Crippen molar-refractivity contribution in [2.45, 2.75) is 73.1 Å². The number of halogens is 1. The summed E-state index contributed by atoms with van der Waals surface area (Å²) in [4.78, 5) is 38.6. The van der Waals surface area contributed by atoms with Crippen LogP contribution in [0.2, 0.25) is 5.02 Å². The molecule has 0 aliphatic rings. The van der Waals surface area contributed by atoms with Crippen LogP contribution >= 0.6 is 11.6 Å². The molecule has 0 unspecified atom stereocenters. The maximum absolute atomic E-state index is 13.8. The molecule has 0 spiro atoms. The van der Waals surface area contributed by atoms with Gasteiger partial charge in [0, 0.05) is 34.3 Å². The van der Waals surface area contributed by atoms with Crippen LogP contribution in [0.1, 0.15) is 65.6 Å². The van der Waals surface area contributed by atoms with Crippen LogP contribution in [0.15, 0.2) is 53.3 Å². The van der Waals surface area contributed by atoms with Crippen molar-refractivity contribution in [1.82, 2.24) is 9.88 Å². The fourth-order valence-electron chi connectivity index (χ4n) is 4.30. The number of carbonyl (C=O) groups is 2. The zero-order valence-corrected chi connectivity index (χ0v) is 24.9. The Morgan fingerprint density at radius 2 is 1.77 bits per heavy atom. The maximum atomic E-state index is 13.8. The smallest absolute Gasteiger partial charge is 0.407 e. The topological polar surface area (TPSA) is 86.6 Å². The average Bonchev–Trinajstić information content (AvgIpc) is 2.87. The lowest BCUT2D eigenvalue weighted by Crippen LogP contribution is -2.35. The second kappa shape index (κ2) is 13.7. The first-order chi connectivity index (χ1) is 18.9. The largest absolute Gasteiger partial charge is 0.463 e. The number of pyridine rings is 1. The monoisotopic (exact) mass is 566 g/mol. The van der Waals surface area contributed by atoms with Gasteiger partial charge in [-0.2, -0.15) is 0 Å². The van der Waals surface area contributed by atoms with Gasteiger partial charge in [-0.25, -0.2) is 9.59 Å².